The minimum Gasteiger partial charge on any atom is -0.349 e. The van der Waals surface area contributed by atoms with Crippen LogP contribution in [-0.2, 0) is 6.54 Å². The summed E-state index contributed by atoms with van der Waals surface area (Å²) in [7, 11) is 0. The van der Waals surface area contributed by atoms with Gasteiger partial charge in [0.2, 0.25) is 0 Å². The van der Waals surface area contributed by atoms with Gasteiger partial charge in [-0.2, -0.15) is 0 Å². The molecule has 0 fully saturated rings. The molecule has 4 rings (SSSR count). The zero-order chi connectivity index (χ0) is 24.5. The quantitative estimate of drug-likeness (QED) is 0.348. The fraction of sp³-hybridized carbons (Fsp3) is 0.400. The summed E-state index contributed by atoms with van der Waals surface area (Å²) in [5.74, 6) is 0.115. The van der Waals surface area contributed by atoms with Crippen molar-refractivity contribution in [3.63, 3.8) is 0 Å². The molecule has 4 aromatic rings. The number of hydrogen-bond donors (Lipinski definition) is 2. The van der Waals surface area contributed by atoms with Crippen molar-refractivity contribution in [3.05, 3.63) is 53.7 Å². The van der Waals surface area contributed by atoms with Gasteiger partial charge in [-0.1, -0.05) is 27.7 Å². The van der Waals surface area contributed by atoms with E-state index in [0.717, 1.165) is 11.4 Å². The monoisotopic (exact) mass is 478 g/mol. The van der Waals surface area contributed by atoms with Gasteiger partial charge in [0.25, 0.3) is 5.91 Å². The van der Waals surface area contributed by atoms with Gasteiger partial charge in [-0.05, 0) is 30.4 Å². The summed E-state index contributed by atoms with van der Waals surface area (Å²) in [6.07, 6.45) is 9.17. The molecule has 2 N–H and O–H groups in total. The highest BCUT2D eigenvalue weighted by atomic mass is 32.1. The van der Waals surface area contributed by atoms with Gasteiger partial charge in [-0.25, -0.2) is 15.0 Å². The first-order chi connectivity index (χ1) is 16.1. The molecule has 0 saturated carbocycles. The number of aromatic amines is 1. The predicted octanol–water partition coefficient (Wildman–Crippen LogP) is 4.96. The van der Waals surface area contributed by atoms with Gasteiger partial charge < -0.3 is 14.9 Å². The Kier molecular flexibility index (Phi) is 6.65. The number of H-pyrrole nitrogens is 1. The molecule has 4 aromatic heterocycles. The molecule has 0 spiro atoms. The van der Waals surface area contributed by atoms with Crippen molar-refractivity contribution in [3.8, 4) is 10.6 Å². The average molecular weight is 479 g/mol. The van der Waals surface area contributed by atoms with Crippen LogP contribution >= 0.6 is 11.3 Å². The molecule has 0 bridgehead atoms. The fourth-order valence-corrected chi connectivity index (χ4v) is 4.44. The van der Waals surface area contributed by atoms with Crippen LogP contribution in [0.5, 0.6) is 0 Å². The van der Waals surface area contributed by atoms with Gasteiger partial charge in [0.05, 0.1) is 33.5 Å². The van der Waals surface area contributed by atoms with Gasteiger partial charge in [0.1, 0.15) is 5.52 Å². The maximum absolute atomic E-state index is 12.9. The highest BCUT2D eigenvalue weighted by Crippen LogP contribution is 2.29. The van der Waals surface area contributed by atoms with E-state index in [9.17, 15) is 9.59 Å². The summed E-state index contributed by atoms with van der Waals surface area (Å²) in [6, 6.07) is 3.72. The lowest BCUT2D eigenvalue weighted by molar-refractivity contribution is 0.0910. The van der Waals surface area contributed by atoms with Crippen molar-refractivity contribution >= 4 is 34.2 Å². The standard InChI is InChI=1S/C25H30N6O2S/c1-15(13-31-9-8-26-14-31)10-19(32)21-7-6-20(34-21)18-12-28-23-22(30-18)17(11-27-23)24(33)29-16(2)25(3,4)5/h6-9,11-12,14-16H,10,13H2,1-5H3,(H,27,28)(H,29,33)/t15?,16-/m0/s1. The van der Waals surface area contributed by atoms with Crippen molar-refractivity contribution in [2.24, 2.45) is 11.3 Å². The van der Waals surface area contributed by atoms with E-state index in [0.29, 0.717) is 33.7 Å². The van der Waals surface area contributed by atoms with Crippen LogP contribution in [0.1, 0.15) is 61.1 Å². The number of imidazole rings is 1. The Bertz CT molecular complexity index is 1300. The molecule has 9 heteroatoms. The van der Waals surface area contributed by atoms with E-state index in [4.69, 9.17) is 4.98 Å². The number of rotatable bonds is 8. The molecule has 34 heavy (non-hydrogen) atoms. The molecule has 0 aliphatic rings. The lowest BCUT2D eigenvalue weighted by atomic mass is 9.88. The van der Waals surface area contributed by atoms with Gasteiger partial charge in [-0.3, -0.25) is 9.59 Å². The highest BCUT2D eigenvalue weighted by molar-refractivity contribution is 7.17. The average Bonchev–Trinajstić information content (AvgIpc) is 3.52. The Balaban J connectivity index is 1.50. The number of nitrogens with zero attached hydrogens (tertiary/aromatic N) is 4. The zero-order valence-corrected chi connectivity index (χ0v) is 20.9. The van der Waals surface area contributed by atoms with E-state index in [1.54, 1.807) is 24.9 Å². The number of carbonyl (C=O) groups is 2. The number of fused-ring (bicyclic) bond motifs is 1. The number of aromatic nitrogens is 5. The number of nitrogens with one attached hydrogen (secondary N) is 2. The van der Waals surface area contributed by atoms with E-state index in [1.165, 1.54) is 11.3 Å². The van der Waals surface area contributed by atoms with E-state index >= 15 is 0 Å². The van der Waals surface area contributed by atoms with Crippen LogP contribution in [0.2, 0.25) is 0 Å². The third-order valence-corrected chi connectivity index (χ3v) is 7.17. The smallest absolute Gasteiger partial charge is 0.255 e. The van der Waals surface area contributed by atoms with Crippen LogP contribution in [0.25, 0.3) is 21.7 Å². The molecular formula is C25H30N6O2S. The van der Waals surface area contributed by atoms with Crippen LogP contribution < -0.4 is 5.32 Å². The summed E-state index contributed by atoms with van der Waals surface area (Å²) in [6.45, 7) is 11.0. The first kappa shape index (κ1) is 23.8. The Morgan fingerprint density at radius 3 is 2.74 bits per heavy atom. The SMILES string of the molecule is CC(CC(=O)c1ccc(-c2cnc3[nH]cc(C(=O)N[C@@H](C)C(C)(C)C)c3n2)s1)Cn1ccnc1. The van der Waals surface area contributed by atoms with Crippen LogP contribution in [0.3, 0.4) is 0 Å². The van der Waals surface area contributed by atoms with E-state index < -0.39 is 0 Å². The molecule has 1 amide bonds. The van der Waals surface area contributed by atoms with Gasteiger partial charge >= 0.3 is 0 Å². The first-order valence-electron chi connectivity index (χ1n) is 11.4. The molecule has 178 valence electrons. The van der Waals surface area contributed by atoms with Crippen molar-refractivity contribution < 1.29 is 9.59 Å². The molecule has 8 nitrogen and oxygen atoms in total. The Labute approximate surface area is 202 Å². The Hall–Kier alpha value is -3.33. The summed E-state index contributed by atoms with van der Waals surface area (Å²) in [4.78, 5) is 43.5. The molecule has 0 aliphatic heterocycles. The third kappa shape index (κ3) is 5.25. The number of hydrogen-bond acceptors (Lipinski definition) is 6. The van der Waals surface area contributed by atoms with Gasteiger partial charge in [0.15, 0.2) is 11.4 Å². The van der Waals surface area contributed by atoms with Crippen molar-refractivity contribution in [2.45, 2.75) is 53.6 Å². The van der Waals surface area contributed by atoms with Crippen LogP contribution in [0, 0.1) is 11.3 Å². The van der Waals surface area contributed by atoms with Crippen LogP contribution in [0.4, 0.5) is 0 Å². The normalized spacial score (nSPS) is 13.7. The summed E-state index contributed by atoms with van der Waals surface area (Å²) in [5.41, 5.74) is 2.11. The third-order valence-electron chi connectivity index (χ3n) is 6.02. The molecule has 2 atom stereocenters. The molecule has 0 saturated heterocycles. The number of ketones is 1. The number of thiophene rings is 1. The number of Topliss-reactive ketones (excluding diaryl/α,β-unsaturated/α-hetero) is 1. The van der Waals surface area contributed by atoms with Crippen molar-refractivity contribution in [2.75, 3.05) is 0 Å². The lowest BCUT2D eigenvalue weighted by Crippen LogP contribution is -2.41. The first-order valence-corrected chi connectivity index (χ1v) is 12.2. The topological polar surface area (TPSA) is 106 Å². The van der Waals surface area contributed by atoms with Crippen LogP contribution in [-0.4, -0.2) is 42.2 Å². The summed E-state index contributed by atoms with van der Waals surface area (Å²) >= 11 is 1.40. The van der Waals surface area contributed by atoms with E-state index in [2.05, 4.69) is 48.0 Å². The maximum atomic E-state index is 12.9. The second-order valence-corrected chi connectivity index (χ2v) is 11.0. The second kappa shape index (κ2) is 9.50. The largest absolute Gasteiger partial charge is 0.349 e. The second-order valence-electron chi connectivity index (χ2n) is 9.87. The van der Waals surface area contributed by atoms with Gasteiger partial charge in [0, 0.05) is 37.6 Å². The number of carbonyl (C=O) groups excluding carboxylic acids is 2. The fourth-order valence-electron chi connectivity index (χ4n) is 3.54. The lowest BCUT2D eigenvalue weighted by Gasteiger charge is -2.27. The molecule has 0 aliphatic carbocycles. The number of amides is 1. The summed E-state index contributed by atoms with van der Waals surface area (Å²) in [5, 5.41) is 3.05. The van der Waals surface area contributed by atoms with Crippen LogP contribution in [0.15, 0.2) is 43.2 Å². The minimum absolute atomic E-state index is 0.0110. The van der Waals surface area contributed by atoms with E-state index in [1.807, 2.05) is 29.8 Å². The predicted molar refractivity (Wildman–Crippen MR) is 134 cm³/mol. The minimum atomic E-state index is -0.186. The molecule has 0 aromatic carbocycles. The van der Waals surface area contributed by atoms with Crippen molar-refractivity contribution in [1.82, 2.24) is 29.8 Å². The summed E-state index contributed by atoms with van der Waals surface area (Å²) < 4.78 is 1.98. The molecule has 0 radical (unpaired) electrons. The Morgan fingerprint density at radius 1 is 1.24 bits per heavy atom. The van der Waals surface area contributed by atoms with Gasteiger partial charge in [-0.15, -0.1) is 11.3 Å². The molecule has 1 unspecified atom stereocenters. The zero-order valence-electron chi connectivity index (χ0n) is 20.1. The highest BCUT2D eigenvalue weighted by Gasteiger charge is 2.24. The molecule has 4 heterocycles. The maximum Gasteiger partial charge on any atom is 0.255 e. The van der Waals surface area contributed by atoms with Crippen molar-refractivity contribution in [1.29, 1.82) is 0 Å². The Morgan fingerprint density at radius 2 is 2.03 bits per heavy atom. The van der Waals surface area contributed by atoms with E-state index in [-0.39, 0.29) is 29.1 Å². The molecular weight excluding hydrogens is 448 g/mol.